The first-order valence-corrected chi connectivity index (χ1v) is 5.94. The standard InChI is InChI=1S/C16H13NO.BrH.H2O/c1-2-6-13(7-3-1)12-18-15-10-4-8-14-9-5-11-17-16(14)15;;/h1-11H,12H2;1H;1H2. The number of hydrogen-bond donors (Lipinski definition) is 0. The summed E-state index contributed by atoms with van der Waals surface area (Å²) in [7, 11) is 0. The van der Waals surface area contributed by atoms with E-state index in [0.717, 1.165) is 22.2 Å². The second kappa shape index (κ2) is 7.62. The monoisotopic (exact) mass is 333 g/mol. The zero-order valence-corrected chi connectivity index (χ0v) is 12.5. The molecule has 0 bridgehead atoms. The van der Waals surface area contributed by atoms with E-state index in [9.17, 15) is 0 Å². The van der Waals surface area contributed by atoms with Gasteiger partial charge in [-0.2, -0.15) is 0 Å². The van der Waals surface area contributed by atoms with Crippen LogP contribution in [0.5, 0.6) is 5.75 Å². The summed E-state index contributed by atoms with van der Waals surface area (Å²) in [5.41, 5.74) is 2.07. The molecule has 3 rings (SSSR count). The average molecular weight is 334 g/mol. The van der Waals surface area contributed by atoms with E-state index in [1.54, 1.807) is 6.20 Å². The fraction of sp³-hybridized carbons (Fsp3) is 0.0625. The zero-order chi connectivity index (χ0) is 12.2. The molecule has 0 spiro atoms. The van der Waals surface area contributed by atoms with Gasteiger partial charge in [0.1, 0.15) is 17.9 Å². The number of halogens is 1. The van der Waals surface area contributed by atoms with Gasteiger partial charge in [0.25, 0.3) is 0 Å². The highest BCUT2D eigenvalue weighted by Gasteiger charge is 2.02. The summed E-state index contributed by atoms with van der Waals surface area (Å²) in [6.07, 6.45) is 1.79. The molecule has 0 amide bonds. The normalized spacial score (nSPS) is 9.40. The number of ether oxygens (including phenoxy) is 1. The maximum absolute atomic E-state index is 5.84. The van der Waals surface area contributed by atoms with Crippen LogP contribution >= 0.6 is 17.0 Å². The zero-order valence-electron chi connectivity index (χ0n) is 10.8. The Morgan fingerprint density at radius 2 is 1.60 bits per heavy atom. The second-order valence-electron chi connectivity index (χ2n) is 4.11. The van der Waals surface area contributed by atoms with E-state index in [0.29, 0.717) is 6.61 Å². The quantitative estimate of drug-likeness (QED) is 0.735. The molecule has 0 saturated heterocycles. The van der Waals surface area contributed by atoms with Crippen LogP contribution in [0.3, 0.4) is 0 Å². The topological polar surface area (TPSA) is 53.6 Å². The molecular weight excluding hydrogens is 318 g/mol. The number of aromatic nitrogens is 1. The van der Waals surface area contributed by atoms with Gasteiger partial charge in [-0.1, -0.05) is 48.5 Å². The van der Waals surface area contributed by atoms with Crippen molar-refractivity contribution in [2.45, 2.75) is 6.61 Å². The smallest absolute Gasteiger partial charge is 0.146 e. The van der Waals surface area contributed by atoms with Gasteiger partial charge in [-0.15, -0.1) is 17.0 Å². The molecular formula is C16H16BrNO2. The number of nitrogens with zero attached hydrogens (tertiary/aromatic N) is 1. The first-order chi connectivity index (χ1) is 8.93. The highest BCUT2D eigenvalue weighted by atomic mass is 79.9. The van der Waals surface area contributed by atoms with Crippen molar-refractivity contribution in [2.75, 3.05) is 0 Å². The summed E-state index contributed by atoms with van der Waals surface area (Å²) in [6.45, 7) is 0.566. The van der Waals surface area contributed by atoms with E-state index in [4.69, 9.17) is 4.74 Å². The lowest BCUT2D eigenvalue weighted by Crippen LogP contribution is -1.96. The molecule has 0 saturated carbocycles. The Bertz CT molecular complexity index is 653. The minimum atomic E-state index is 0. The lowest BCUT2D eigenvalue weighted by atomic mass is 10.2. The Kier molecular flexibility index (Phi) is 6.15. The van der Waals surface area contributed by atoms with E-state index in [-0.39, 0.29) is 22.5 Å². The highest BCUT2D eigenvalue weighted by molar-refractivity contribution is 8.93. The highest BCUT2D eigenvalue weighted by Crippen LogP contribution is 2.23. The van der Waals surface area contributed by atoms with Crippen LogP contribution in [0, 0.1) is 0 Å². The van der Waals surface area contributed by atoms with Gasteiger partial charge in [0, 0.05) is 11.6 Å². The van der Waals surface area contributed by atoms with E-state index < -0.39 is 0 Å². The lowest BCUT2D eigenvalue weighted by molar-refractivity contribution is 0.309. The molecule has 3 nitrogen and oxygen atoms in total. The Hall–Kier alpha value is -1.91. The third kappa shape index (κ3) is 3.56. The van der Waals surface area contributed by atoms with E-state index in [1.807, 2.05) is 48.5 Å². The molecule has 104 valence electrons. The predicted octanol–water partition coefficient (Wildman–Crippen LogP) is 3.57. The predicted molar refractivity (Wildman–Crippen MR) is 86.5 cm³/mol. The van der Waals surface area contributed by atoms with Crippen molar-refractivity contribution in [2.24, 2.45) is 0 Å². The molecule has 1 aromatic heterocycles. The SMILES string of the molecule is Br.O.c1ccc(COc2cccc3cccnc23)cc1. The third-order valence-corrected chi connectivity index (χ3v) is 2.83. The minimum absolute atomic E-state index is 0. The van der Waals surface area contributed by atoms with Crippen LogP contribution in [0.25, 0.3) is 10.9 Å². The van der Waals surface area contributed by atoms with Crippen molar-refractivity contribution in [3.8, 4) is 5.75 Å². The van der Waals surface area contributed by atoms with Crippen LogP contribution in [0.1, 0.15) is 5.56 Å². The van der Waals surface area contributed by atoms with E-state index in [2.05, 4.69) is 17.1 Å². The van der Waals surface area contributed by atoms with Gasteiger partial charge in [-0.3, -0.25) is 4.98 Å². The molecule has 0 aliphatic heterocycles. The molecule has 0 radical (unpaired) electrons. The van der Waals surface area contributed by atoms with Gasteiger partial charge < -0.3 is 10.2 Å². The maximum Gasteiger partial charge on any atom is 0.146 e. The van der Waals surface area contributed by atoms with Crippen LogP contribution in [0.4, 0.5) is 0 Å². The summed E-state index contributed by atoms with van der Waals surface area (Å²) in [6, 6.07) is 20.1. The number of benzene rings is 2. The fourth-order valence-electron chi connectivity index (χ4n) is 1.93. The lowest BCUT2D eigenvalue weighted by Gasteiger charge is -2.08. The largest absolute Gasteiger partial charge is 0.487 e. The summed E-state index contributed by atoms with van der Waals surface area (Å²) < 4.78 is 5.84. The van der Waals surface area contributed by atoms with Gasteiger partial charge in [-0.25, -0.2) is 0 Å². The van der Waals surface area contributed by atoms with Crippen molar-refractivity contribution in [3.63, 3.8) is 0 Å². The number of pyridine rings is 1. The van der Waals surface area contributed by atoms with Crippen LogP contribution in [0.2, 0.25) is 0 Å². The fourth-order valence-corrected chi connectivity index (χ4v) is 1.93. The van der Waals surface area contributed by atoms with Crippen molar-refractivity contribution in [3.05, 3.63) is 72.4 Å². The van der Waals surface area contributed by atoms with Crippen molar-refractivity contribution in [1.29, 1.82) is 0 Å². The first-order valence-electron chi connectivity index (χ1n) is 5.94. The molecule has 0 fully saturated rings. The first kappa shape index (κ1) is 16.1. The summed E-state index contributed by atoms with van der Waals surface area (Å²) in [5.74, 6) is 0.831. The molecule has 0 aliphatic carbocycles. The van der Waals surface area contributed by atoms with Crippen molar-refractivity contribution in [1.82, 2.24) is 4.98 Å². The second-order valence-corrected chi connectivity index (χ2v) is 4.11. The van der Waals surface area contributed by atoms with E-state index >= 15 is 0 Å². The average Bonchev–Trinajstić information content (AvgIpc) is 2.46. The Labute approximate surface area is 128 Å². The summed E-state index contributed by atoms with van der Waals surface area (Å²) in [4.78, 5) is 4.37. The number of hydrogen-bond acceptors (Lipinski definition) is 2. The molecule has 1 heterocycles. The number of fused-ring (bicyclic) bond motifs is 1. The van der Waals surface area contributed by atoms with Gasteiger partial charge >= 0.3 is 0 Å². The van der Waals surface area contributed by atoms with Crippen LogP contribution in [-0.2, 0) is 6.61 Å². The molecule has 3 aromatic rings. The van der Waals surface area contributed by atoms with Gasteiger partial charge in [0.15, 0.2) is 0 Å². The van der Waals surface area contributed by atoms with Gasteiger partial charge in [0.2, 0.25) is 0 Å². The molecule has 0 aliphatic rings. The van der Waals surface area contributed by atoms with Crippen LogP contribution < -0.4 is 4.74 Å². The Balaban J connectivity index is 0.000001000. The van der Waals surface area contributed by atoms with Crippen LogP contribution in [-0.4, -0.2) is 10.5 Å². The number of para-hydroxylation sites is 1. The summed E-state index contributed by atoms with van der Waals surface area (Å²) >= 11 is 0. The molecule has 0 atom stereocenters. The molecule has 20 heavy (non-hydrogen) atoms. The minimum Gasteiger partial charge on any atom is -0.487 e. The molecule has 2 aromatic carbocycles. The molecule has 4 heteroatoms. The van der Waals surface area contributed by atoms with Crippen molar-refractivity contribution < 1.29 is 10.2 Å². The Morgan fingerprint density at radius 1 is 0.850 bits per heavy atom. The van der Waals surface area contributed by atoms with Crippen LogP contribution in [0.15, 0.2) is 66.9 Å². The summed E-state index contributed by atoms with van der Waals surface area (Å²) in [5, 5.41) is 1.10. The Morgan fingerprint density at radius 3 is 2.40 bits per heavy atom. The van der Waals surface area contributed by atoms with E-state index in [1.165, 1.54) is 0 Å². The van der Waals surface area contributed by atoms with Gasteiger partial charge in [0.05, 0.1) is 0 Å². The number of rotatable bonds is 3. The third-order valence-electron chi connectivity index (χ3n) is 2.83. The van der Waals surface area contributed by atoms with Gasteiger partial charge in [-0.05, 0) is 17.7 Å². The van der Waals surface area contributed by atoms with Crippen molar-refractivity contribution >= 4 is 27.9 Å². The molecule has 2 N–H and O–H groups in total. The maximum atomic E-state index is 5.84. The molecule has 0 unspecified atom stereocenters.